The van der Waals surface area contributed by atoms with Gasteiger partial charge in [0.25, 0.3) is 0 Å². The number of hydrogen-bond acceptors (Lipinski definition) is 18. The summed E-state index contributed by atoms with van der Waals surface area (Å²) in [7, 11) is 0. The summed E-state index contributed by atoms with van der Waals surface area (Å²) >= 11 is 0. The molecule has 19 heteroatoms. The van der Waals surface area contributed by atoms with Crippen molar-refractivity contribution in [2.24, 2.45) is 0 Å². The van der Waals surface area contributed by atoms with Crippen LogP contribution in [-0.2, 0) is 33.2 Å². The second-order valence-corrected chi connectivity index (χ2v) is 24.3. The van der Waals surface area contributed by atoms with E-state index in [1.54, 1.807) is 6.08 Å². The standard InChI is InChI=1S/C66H121NO18/c1-3-5-7-9-11-13-14-15-16-17-18-19-20-21-22-23-24-25-26-27-28-29-30-31-32-33-34-36-38-40-42-44-54(72)67-49(50(71)43-41-39-37-35-12-10-8-6-4-2)48-80-64-60(78)57(75)62(52(46-69)82-64)85-66-61(79)58(76)63(53(47-70)83-66)84-65-59(77)56(74)55(73)51(45-68)81-65/h12,17-18,35,41,43,49-53,55-66,68-71,73-79H,3-11,13-16,19-34,36-40,42,44-48H2,1-2H3,(H,67,72)/b18-17-,35-12+,43-41+. The number of amides is 1. The van der Waals surface area contributed by atoms with Gasteiger partial charge in [-0.05, 0) is 57.8 Å². The molecule has 498 valence electrons. The molecule has 3 aliphatic rings. The first-order valence-electron chi connectivity index (χ1n) is 33.7. The molecule has 19 nitrogen and oxygen atoms in total. The van der Waals surface area contributed by atoms with Gasteiger partial charge in [-0.15, -0.1) is 0 Å². The number of aliphatic hydroxyl groups is 11. The molecule has 0 aromatic heterocycles. The fourth-order valence-corrected chi connectivity index (χ4v) is 11.4. The molecule has 0 bridgehead atoms. The fourth-order valence-electron chi connectivity index (χ4n) is 11.4. The van der Waals surface area contributed by atoms with Crippen LogP contribution >= 0.6 is 0 Å². The van der Waals surface area contributed by atoms with E-state index < -0.39 is 124 Å². The first-order valence-corrected chi connectivity index (χ1v) is 33.7. The average Bonchev–Trinajstić information content (AvgIpc) is 3.55. The molecule has 17 unspecified atom stereocenters. The lowest BCUT2D eigenvalue weighted by Gasteiger charge is -2.48. The number of unbranched alkanes of at least 4 members (excludes halogenated alkanes) is 31. The number of allylic oxidation sites excluding steroid dienone is 5. The van der Waals surface area contributed by atoms with Gasteiger partial charge in [-0.1, -0.05) is 217 Å². The van der Waals surface area contributed by atoms with Crippen LogP contribution in [0.3, 0.4) is 0 Å². The molecule has 0 spiro atoms. The summed E-state index contributed by atoms with van der Waals surface area (Å²) in [4.78, 5) is 13.3. The van der Waals surface area contributed by atoms with Gasteiger partial charge in [0.15, 0.2) is 18.9 Å². The molecule has 17 atom stereocenters. The SMILES string of the molecule is CCCCC/C=C/CC/C=C/C(O)C(COC1OC(CO)C(OC2OC(CO)C(OC3OC(CO)C(O)C(O)C3O)C(O)C2O)C(O)C1O)NC(=O)CCCCCCCCCCCCCCCCCCCCC/C=C\CCCCCCCCCC. The first kappa shape index (κ1) is 77.3. The predicted octanol–water partition coefficient (Wildman–Crippen LogP) is 8.05. The second-order valence-electron chi connectivity index (χ2n) is 24.3. The van der Waals surface area contributed by atoms with Crippen molar-refractivity contribution in [3.63, 3.8) is 0 Å². The summed E-state index contributed by atoms with van der Waals surface area (Å²) in [5, 5.41) is 120. The Labute approximate surface area is 511 Å². The van der Waals surface area contributed by atoms with E-state index in [1.165, 1.54) is 167 Å². The van der Waals surface area contributed by atoms with Crippen molar-refractivity contribution in [3.05, 3.63) is 36.5 Å². The van der Waals surface area contributed by atoms with Crippen molar-refractivity contribution < 1.29 is 89.4 Å². The lowest BCUT2D eigenvalue weighted by molar-refractivity contribution is -0.379. The highest BCUT2D eigenvalue weighted by Crippen LogP contribution is 2.33. The molecule has 0 aliphatic carbocycles. The van der Waals surface area contributed by atoms with Crippen LogP contribution in [0.4, 0.5) is 0 Å². The number of rotatable bonds is 51. The number of nitrogens with one attached hydrogen (secondary N) is 1. The van der Waals surface area contributed by atoms with Gasteiger partial charge in [-0.25, -0.2) is 0 Å². The summed E-state index contributed by atoms with van der Waals surface area (Å²) in [5.41, 5.74) is 0. The van der Waals surface area contributed by atoms with Gasteiger partial charge in [0.2, 0.25) is 5.91 Å². The van der Waals surface area contributed by atoms with Crippen molar-refractivity contribution in [2.75, 3.05) is 26.4 Å². The zero-order chi connectivity index (χ0) is 61.9. The third-order valence-electron chi connectivity index (χ3n) is 16.9. The number of ether oxygens (including phenoxy) is 6. The van der Waals surface area contributed by atoms with Crippen LogP contribution in [-0.4, -0.2) is 193 Å². The van der Waals surface area contributed by atoms with Gasteiger partial charge in [0.1, 0.15) is 73.2 Å². The van der Waals surface area contributed by atoms with E-state index >= 15 is 0 Å². The lowest BCUT2D eigenvalue weighted by Crippen LogP contribution is -2.66. The van der Waals surface area contributed by atoms with E-state index in [9.17, 15) is 61.0 Å². The van der Waals surface area contributed by atoms with Crippen molar-refractivity contribution in [2.45, 2.75) is 349 Å². The summed E-state index contributed by atoms with van der Waals surface area (Å²) in [6, 6.07) is -0.986. The second kappa shape index (κ2) is 48.8. The van der Waals surface area contributed by atoms with Crippen LogP contribution < -0.4 is 5.32 Å². The van der Waals surface area contributed by atoms with Gasteiger partial charge in [-0.3, -0.25) is 4.79 Å². The molecular formula is C66H121NO18. The maximum absolute atomic E-state index is 13.3. The predicted molar refractivity (Wildman–Crippen MR) is 328 cm³/mol. The highest BCUT2D eigenvalue weighted by atomic mass is 16.8. The van der Waals surface area contributed by atoms with E-state index in [0.29, 0.717) is 12.8 Å². The number of carbonyl (C=O) groups excluding carboxylic acids is 1. The van der Waals surface area contributed by atoms with Gasteiger partial charge in [0, 0.05) is 6.42 Å². The van der Waals surface area contributed by atoms with E-state index in [0.717, 1.165) is 44.9 Å². The minimum Gasteiger partial charge on any atom is -0.394 e. The Morgan fingerprint density at radius 1 is 0.412 bits per heavy atom. The smallest absolute Gasteiger partial charge is 0.220 e. The Kier molecular flexibility index (Phi) is 44.4. The van der Waals surface area contributed by atoms with Gasteiger partial charge in [-0.2, -0.15) is 0 Å². The first-order chi connectivity index (χ1) is 41.3. The third-order valence-corrected chi connectivity index (χ3v) is 16.9. The minimum absolute atomic E-state index is 0.238. The van der Waals surface area contributed by atoms with E-state index in [4.69, 9.17) is 28.4 Å². The molecule has 0 aromatic carbocycles. The molecular weight excluding hydrogens is 1090 g/mol. The summed E-state index contributed by atoms with van der Waals surface area (Å²) in [6.07, 6.45) is 29.0. The zero-order valence-corrected chi connectivity index (χ0v) is 52.3. The Balaban J connectivity index is 1.34. The normalized spacial score (nSPS) is 29.2. The van der Waals surface area contributed by atoms with Crippen molar-refractivity contribution in [1.82, 2.24) is 5.32 Å². The Hall–Kier alpha value is -1.99. The lowest BCUT2D eigenvalue weighted by atomic mass is 9.96. The molecule has 0 radical (unpaired) electrons. The maximum atomic E-state index is 13.3. The molecule has 3 aliphatic heterocycles. The van der Waals surface area contributed by atoms with Crippen LogP contribution in [0.2, 0.25) is 0 Å². The van der Waals surface area contributed by atoms with Crippen LogP contribution in [0.5, 0.6) is 0 Å². The summed E-state index contributed by atoms with van der Waals surface area (Å²) in [5.74, 6) is -0.286. The van der Waals surface area contributed by atoms with Crippen LogP contribution in [0.1, 0.15) is 245 Å². The van der Waals surface area contributed by atoms with E-state index in [1.807, 2.05) is 6.08 Å². The van der Waals surface area contributed by atoms with Gasteiger partial charge >= 0.3 is 0 Å². The Bertz CT molecular complexity index is 1690. The highest BCUT2D eigenvalue weighted by Gasteiger charge is 2.53. The van der Waals surface area contributed by atoms with Gasteiger partial charge in [0.05, 0.1) is 38.6 Å². The largest absolute Gasteiger partial charge is 0.394 e. The quantitative estimate of drug-likeness (QED) is 0.0202. The fraction of sp³-hybridized carbons (Fsp3) is 0.894. The van der Waals surface area contributed by atoms with Crippen LogP contribution in [0.15, 0.2) is 36.5 Å². The Morgan fingerprint density at radius 3 is 1.20 bits per heavy atom. The van der Waals surface area contributed by atoms with E-state index in [-0.39, 0.29) is 18.9 Å². The number of hydrogen-bond donors (Lipinski definition) is 12. The molecule has 0 saturated carbocycles. The topological polar surface area (TPSA) is 307 Å². The monoisotopic (exact) mass is 1220 g/mol. The van der Waals surface area contributed by atoms with Crippen LogP contribution in [0, 0.1) is 0 Å². The average molecular weight is 1220 g/mol. The minimum atomic E-state index is -1.98. The molecule has 3 saturated heterocycles. The molecule has 0 aromatic rings. The molecule has 3 fully saturated rings. The number of carbonyl (C=O) groups is 1. The highest BCUT2D eigenvalue weighted by molar-refractivity contribution is 5.76. The zero-order valence-electron chi connectivity index (χ0n) is 52.3. The van der Waals surface area contributed by atoms with E-state index in [2.05, 4.69) is 43.5 Å². The molecule has 3 rings (SSSR count). The Morgan fingerprint density at radius 2 is 0.753 bits per heavy atom. The van der Waals surface area contributed by atoms with Crippen molar-refractivity contribution in [1.29, 1.82) is 0 Å². The molecule has 1 amide bonds. The van der Waals surface area contributed by atoms with Crippen LogP contribution in [0.25, 0.3) is 0 Å². The van der Waals surface area contributed by atoms with Gasteiger partial charge < -0.3 is 89.9 Å². The molecule has 12 N–H and O–H groups in total. The van der Waals surface area contributed by atoms with Crippen molar-refractivity contribution >= 4 is 5.91 Å². The molecule has 85 heavy (non-hydrogen) atoms. The summed E-state index contributed by atoms with van der Waals surface area (Å²) in [6.45, 7) is 1.65. The third kappa shape index (κ3) is 31.5. The maximum Gasteiger partial charge on any atom is 0.220 e. The summed E-state index contributed by atoms with van der Waals surface area (Å²) < 4.78 is 34.2. The van der Waals surface area contributed by atoms with Crippen molar-refractivity contribution in [3.8, 4) is 0 Å². The molecule has 3 heterocycles. The number of aliphatic hydroxyl groups excluding tert-OH is 11.